The minimum atomic E-state index is -0.144. The third kappa shape index (κ3) is 3.55. The Morgan fingerprint density at radius 1 is 1.57 bits per heavy atom. The van der Waals surface area contributed by atoms with Crippen molar-refractivity contribution in [2.24, 2.45) is 0 Å². The van der Waals surface area contributed by atoms with Gasteiger partial charge >= 0.3 is 0 Å². The summed E-state index contributed by atoms with van der Waals surface area (Å²) in [6, 6.07) is 1.87. The molecular formula is C14H15N3O2S2. The number of carbonyl (C=O) groups excluding carboxylic acids is 1. The van der Waals surface area contributed by atoms with Crippen LogP contribution in [-0.4, -0.2) is 26.3 Å². The van der Waals surface area contributed by atoms with Crippen molar-refractivity contribution in [3.63, 3.8) is 0 Å². The monoisotopic (exact) mass is 321 g/mol. The number of aliphatic hydroxyl groups is 1. The molecule has 0 saturated carbocycles. The maximum Gasteiger partial charge on any atom is 0.244 e. The molecule has 21 heavy (non-hydrogen) atoms. The molecule has 5 nitrogen and oxygen atoms in total. The summed E-state index contributed by atoms with van der Waals surface area (Å²) in [6.45, 7) is 1.46. The van der Waals surface area contributed by atoms with E-state index in [1.165, 1.54) is 17.4 Å². The molecule has 0 unspecified atom stereocenters. The molecule has 0 aromatic carbocycles. The summed E-state index contributed by atoms with van der Waals surface area (Å²) in [5, 5.41) is 14.7. The number of carbonyl (C=O) groups is 1. The zero-order valence-electron chi connectivity index (χ0n) is 11.3. The van der Waals surface area contributed by atoms with Crippen molar-refractivity contribution in [3.8, 4) is 0 Å². The highest BCUT2D eigenvalue weighted by Gasteiger charge is 2.14. The second-order valence-corrected chi connectivity index (χ2v) is 6.63. The number of aryl methyl sites for hydroxylation is 1. The number of hydrogen-bond acceptors (Lipinski definition) is 5. The van der Waals surface area contributed by atoms with E-state index < -0.39 is 0 Å². The van der Waals surface area contributed by atoms with Gasteiger partial charge in [-0.1, -0.05) is 11.8 Å². The smallest absolute Gasteiger partial charge is 0.244 e. The minimum Gasteiger partial charge on any atom is -0.392 e. The van der Waals surface area contributed by atoms with E-state index in [9.17, 15) is 4.79 Å². The first-order valence-electron chi connectivity index (χ1n) is 6.57. The van der Waals surface area contributed by atoms with Crippen LogP contribution in [0.25, 0.3) is 6.08 Å². The number of nitrogens with one attached hydrogen (secondary N) is 1. The van der Waals surface area contributed by atoms with E-state index in [0.717, 1.165) is 33.6 Å². The summed E-state index contributed by atoms with van der Waals surface area (Å²) in [4.78, 5) is 17.2. The number of aliphatic hydroxyl groups excluding tert-OH is 1. The molecule has 0 radical (unpaired) electrons. The number of hydrogen-bond donors (Lipinski definition) is 2. The fraction of sp³-hybridized carbons (Fsp3) is 0.286. The number of thioether (sulfide) groups is 1. The lowest BCUT2D eigenvalue weighted by molar-refractivity contribution is -0.116. The van der Waals surface area contributed by atoms with Gasteiger partial charge in [0, 0.05) is 29.4 Å². The number of thiophene rings is 1. The lowest BCUT2D eigenvalue weighted by atomic mass is 10.3. The minimum absolute atomic E-state index is 0.0273. The number of aromatic nitrogens is 2. The third-order valence-corrected chi connectivity index (χ3v) is 4.97. The van der Waals surface area contributed by atoms with Crippen LogP contribution in [-0.2, 0) is 24.5 Å². The maximum atomic E-state index is 11.8. The first-order valence-corrected chi connectivity index (χ1v) is 8.44. The Morgan fingerprint density at radius 2 is 2.48 bits per heavy atom. The van der Waals surface area contributed by atoms with Gasteiger partial charge in [0.15, 0.2) is 5.16 Å². The Balaban J connectivity index is 1.51. The largest absolute Gasteiger partial charge is 0.392 e. The number of amides is 1. The van der Waals surface area contributed by atoms with E-state index in [1.54, 1.807) is 17.8 Å². The van der Waals surface area contributed by atoms with E-state index in [-0.39, 0.29) is 12.5 Å². The maximum absolute atomic E-state index is 11.8. The summed E-state index contributed by atoms with van der Waals surface area (Å²) < 4.78 is 2.12. The summed E-state index contributed by atoms with van der Waals surface area (Å²) in [7, 11) is 0. The van der Waals surface area contributed by atoms with Crippen LogP contribution < -0.4 is 5.32 Å². The van der Waals surface area contributed by atoms with Crippen LogP contribution in [0.2, 0.25) is 0 Å². The van der Waals surface area contributed by atoms with Crippen LogP contribution >= 0.6 is 23.1 Å². The topological polar surface area (TPSA) is 67.2 Å². The lowest BCUT2D eigenvalue weighted by Crippen LogP contribution is -2.20. The van der Waals surface area contributed by atoms with Crippen molar-refractivity contribution >= 4 is 35.1 Å². The van der Waals surface area contributed by atoms with Crippen molar-refractivity contribution in [2.45, 2.75) is 24.9 Å². The van der Waals surface area contributed by atoms with Crippen molar-refractivity contribution in [3.05, 3.63) is 39.9 Å². The van der Waals surface area contributed by atoms with Crippen LogP contribution in [0.4, 0.5) is 0 Å². The zero-order chi connectivity index (χ0) is 14.7. The molecule has 0 spiro atoms. The van der Waals surface area contributed by atoms with E-state index in [2.05, 4.69) is 14.9 Å². The van der Waals surface area contributed by atoms with Gasteiger partial charge in [-0.2, -0.15) is 0 Å². The van der Waals surface area contributed by atoms with Crippen LogP contribution in [0, 0.1) is 0 Å². The molecule has 1 amide bonds. The second kappa shape index (κ2) is 6.46. The molecule has 7 heteroatoms. The normalized spacial score (nSPS) is 13.8. The number of nitrogens with zero attached hydrogens (tertiary/aromatic N) is 2. The van der Waals surface area contributed by atoms with Gasteiger partial charge < -0.3 is 15.0 Å². The quantitative estimate of drug-likeness (QED) is 0.825. The van der Waals surface area contributed by atoms with Crippen LogP contribution in [0.1, 0.15) is 16.1 Å². The Labute approximate surface area is 130 Å². The molecule has 0 bridgehead atoms. The average Bonchev–Trinajstić information content (AvgIpc) is 3.17. The fourth-order valence-corrected chi connectivity index (χ4v) is 3.76. The summed E-state index contributed by atoms with van der Waals surface area (Å²) in [6.07, 6.45) is 5.25. The molecule has 2 aromatic heterocycles. The lowest BCUT2D eigenvalue weighted by Gasteiger charge is -1.98. The Hall–Kier alpha value is -1.57. The molecule has 110 valence electrons. The van der Waals surface area contributed by atoms with Gasteiger partial charge in [0.1, 0.15) is 0 Å². The van der Waals surface area contributed by atoms with Gasteiger partial charge in [-0.25, -0.2) is 4.98 Å². The average molecular weight is 321 g/mol. The van der Waals surface area contributed by atoms with Crippen LogP contribution in [0.15, 0.2) is 28.9 Å². The van der Waals surface area contributed by atoms with E-state index >= 15 is 0 Å². The molecule has 1 aliphatic heterocycles. The van der Waals surface area contributed by atoms with Crippen molar-refractivity contribution < 1.29 is 9.90 Å². The molecule has 2 aromatic rings. The van der Waals surface area contributed by atoms with Gasteiger partial charge in [-0.3, -0.25) is 4.79 Å². The molecule has 0 saturated heterocycles. The number of fused-ring (bicyclic) bond motifs is 1. The Morgan fingerprint density at radius 3 is 3.24 bits per heavy atom. The SMILES string of the molecule is O=C(/C=C/c1cc(CO)cs1)NCc1cn2c(n1)SCC2. The molecule has 0 fully saturated rings. The molecular weight excluding hydrogens is 306 g/mol. The summed E-state index contributed by atoms with van der Waals surface area (Å²) >= 11 is 3.24. The van der Waals surface area contributed by atoms with E-state index in [0.29, 0.717) is 6.54 Å². The first kappa shape index (κ1) is 14.4. The molecule has 0 atom stereocenters. The van der Waals surface area contributed by atoms with Crippen LogP contribution in [0.5, 0.6) is 0 Å². The predicted octanol–water partition coefficient (Wildman–Crippen LogP) is 1.87. The molecule has 1 aliphatic rings. The number of rotatable bonds is 5. The highest BCUT2D eigenvalue weighted by Crippen LogP contribution is 2.24. The molecule has 3 rings (SSSR count). The highest BCUT2D eigenvalue weighted by molar-refractivity contribution is 7.99. The number of imidazole rings is 1. The molecule has 0 aliphatic carbocycles. The fourth-order valence-electron chi connectivity index (χ4n) is 2.01. The van der Waals surface area contributed by atoms with Gasteiger partial charge in [0.25, 0.3) is 0 Å². The highest BCUT2D eigenvalue weighted by atomic mass is 32.2. The van der Waals surface area contributed by atoms with Crippen LogP contribution in [0.3, 0.4) is 0 Å². The summed E-state index contributed by atoms with van der Waals surface area (Å²) in [5.74, 6) is 0.934. The van der Waals surface area contributed by atoms with E-state index in [1.807, 2.05) is 17.6 Å². The Bertz CT molecular complexity index is 654. The van der Waals surface area contributed by atoms with Crippen molar-refractivity contribution in [1.82, 2.24) is 14.9 Å². The summed E-state index contributed by atoms with van der Waals surface area (Å²) in [5.41, 5.74) is 1.75. The van der Waals surface area contributed by atoms with Crippen molar-refractivity contribution in [2.75, 3.05) is 5.75 Å². The molecule has 3 heterocycles. The molecule has 2 N–H and O–H groups in total. The van der Waals surface area contributed by atoms with Gasteiger partial charge in [0.2, 0.25) is 5.91 Å². The Kier molecular flexibility index (Phi) is 4.42. The second-order valence-electron chi connectivity index (χ2n) is 4.62. The van der Waals surface area contributed by atoms with Gasteiger partial charge in [0.05, 0.1) is 18.8 Å². The van der Waals surface area contributed by atoms with Gasteiger partial charge in [-0.05, 0) is 23.1 Å². The standard InChI is InChI=1S/C14H15N3O2S2/c18-8-10-5-12(21-9-10)1-2-13(19)15-6-11-7-17-3-4-20-14(17)16-11/h1-2,5,7,9,18H,3-4,6,8H2,(H,15,19)/b2-1+. The predicted molar refractivity (Wildman–Crippen MR) is 84.1 cm³/mol. The van der Waals surface area contributed by atoms with Crippen molar-refractivity contribution in [1.29, 1.82) is 0 Å². The zero-order valence-corrected chi connectivity index (χ0v) is 12.9. The van der Waals surface area contributed by atoms with E-state index in [4.69, 9.17) is 5.11 Å². The van der Waals surface area contributed by atoms with Gasteiger partial charge in [-0.15, -0.1) is 11.3 Å². The third-order valence-electron chi connectivity index (χ3n) is 3.05. The first-order chi connectivity index (χ1) is 10.2.